The lowest BCUT2D eigenvalue weighted by Gasteiger charge is -2.30. The number of rotatable bonds is 6. The van der Waals surface area contributed by atoms with E-state index in [0.29, 0.717) is 29.9 Å². The molecule has 8 nitrogen and oxygen atoms in total. The number of nitrogens with zero attached hydrogens (tertiary/aromatic N) is 4. The van der Waals surface area contributed by atoms with E-state index in [9.17, 15) is 9.59 Å². The standard InChI is InChI=1S/C17H22ClN5O3S/c1-21-16(27-2)20-23(17(21)25)11-15(24)19-10-12-3-4-13(18)14(9-12)22-5-7-26-8-6-22/h3-4,9H,5-8,10-11H2,1-2H3,(H,19,24). The fourth-order valence-corrected chi connectivity index (χ4v) is 3.63. The topological polar surface area (TPSA) is 81.4 Å². The van der Waals surface area contributed by atoms with Gasteiger partial charge in [-0.1, -0.05) is 29.4 Å². The highest BCUT2D eigenvalue weighted by atomic mass is 35.5. The second-order valence-electron chi connectivity index (χ2n) is 6.15. The minimum atomic E-state index is -0.310. The summed E-state index contributed by atoms with van der Waals surface area (Å²) in [5.41, 5.74) is 1.57. The third kappa shape index (κ3) is 4.66. The number of nitrogens with one attached hydrogen (secondary N) is 1. The Morgan fingerprint density at radius 2 is 2.11 bits per heavy atom. The van der Waals surface area contributed by atoms with Gasteiger partial charge in [0.1, 0.15) is 6.54 Å². The van der Waals surface area contributed by atoms with Crippen molar-refractivity contribution < 1.29 is 9.53 Å². The minimum absolute atomic E-state index is 0.114. The van der Waals surface area contributed by atoms with Crippen LogP contribution in [0.15, 0.2) is 28.2 Å². The summed E-state index contributed by atoms with van der Waals surface area (Å²) in [5, 5.41) is 8.22. The number of hydrogen-bond donors (Lipinski definition) is 1. The molecule has 1 fully saturated rings. The summed E-state index contributed by atoms with van der Waals surface area (Å²) < 4.78 is 7.97. The van der Waals surface area contributed by atoms with Gasteiger partial charge in [0.15, 0.2) is 5.16 Å². The van der Waals surface area contributed by atoms with Crippen LogP contribution in [0.3, 0.4) is 0 Å². The van der Waals surface area contributed by atoms with Crippen LogP contribution in [0, 0.1) is 0 Å². The van der Waals surface area contributed by atoms with Crippen molar-refractivity contribution in [2.24, 2.45) is 7.05 Å². The summed E-state index contributed by atoms with van der Waals surface area (Å²) in [7, 11) is 1.64. The van der Waals surface area contributed by atoms with Crippen molar-refractivity contribution in [2.45, 2.75) is 18.2 Å². The summed E-state index contributed by atoms with van der Waals surface area (Å²) in [6, 6.07) is 5.69. The van der Waals surface area contributed by atoms with E-state index in [2.05, 4.69) is 15.3 Å². The first-order valence-electron chi connectivity index (χ1n) is 8.55. The third-order valence-electron chi connectivity index (χ3n) is 4.33. The van der Waals surface area contributed by atoms with Crippen molar-refractivity contribution in [1.29, 1.82) is 0 Å². The Balaban J connectivity index is 1.63. The molecule has 0 unspecified atom stereocenters. The molecule has 10 heteroatoms. The van der Waals surface area contributed by atoms with Gasteiger partial charge in [-0.05, 0) is 24.0 Å². The molecule has 0 saturated carbocycles. The molecule has 2 heterocycles. The molecule has 1 aromatic heterocycles. The van der Waals surface area contributed by atoms with Crippen molar-refractivity contribution in [1.82, 2.24) is 19.7 Å². The molecule has 0 bridgehead atoms. The maximum atomic E-state index is 12.2. The van der Waals surface area contributed by atoms with Gasteiger partial charge in [-0.25, -0.2) is 9.48 Å². The fourth-order valence-electron chi connectivity index (χ4n) is 2.86. The largest absolute Gasteiger partial charge is 0.378 e. The smallest absolute Gasteiger partial charge is 0.346 e. The zero-order valence-corrected chi connectivity index (χ0v) is 16.8. The predicted octanol–water partition coefficient (Wildman–Crippen LogP) is 1.11. The predicted molar refractivity (Wildman–Crippen MR) is 106 cm³/mol. The first-order valence-corrected chi connectivity index (χ1v) is 10.2. The molecule has 1 aliphatic heterocycles. The highest BCUT2D eigenvalue weighted by molar-refractivity contribution is 7.98. The zero-order chi connectivity index (χ0) is 19.4. The second kappa shape index (κ2) is 8.81. The number of halogens is 1. The molecule has 146 valence electrons. The van der Waals surface area contributed by atoms with Crippen LogP contribution in [-0.2, 0) is 29.7 Å². The first kappa shape index (κ1) is 19.8. The van der Waals surface area contributed by atoms with Gasteiger partial charge < -0.3 is 15.0 Å². The van der Waals surface area contributed by atoms with Crippen molar-refractivity contribution in [3.8, 4) is 0 Å². The number of hydrogen-bond acceptors (Lipinski definition) is 6. The quantitative estimate of drug-likeness (QED) is 0.717. The van der Waals surface area contributed by atoms with Crippen LogP contribution in [-0.4, -0.2) is 52.8 Å². The number of carbonyl (C=O) groups is 1. The summed E-state index contributed by atoms with van der Waals surface area (Å²) in [4.78, 5) is 26.5. The Morgan fingerprint density at radius 3 is 2.78 bits per heavy atom. The van der Waals surface area contributed by atoms with E-state index in [1.165, 1.54) is 21.0 Å². The van der Waals surface area contributed by atoms with Crippen molar-refractivity contribution in [3.63, 3.8) is 0 Å². The highest BCUT2D eigenvalue weighted by Gasteiger charge is 2.16. The van der Waals surface area contributed by atoms with Crippen LogP contribution in [0.2, 0.25) is 5.02 Å². The Kier molecular flexibility index (Phi) is 6.46. The molecular weight excluding hydrogens is 390 g/mol. The Hall–Kier alpha value is -1.97. The maximum Gasteiger partial charge on any atom is 0.346 e. The minimum Gasteiger partial charge on any atom is -0.378 e. The third-order valence-corrected chi connectivity index (χ3v) is 5.37. The number of morpholine rings is 1. The summed E-state index contributed by atoms with van der Waals surface area (Å²) in [6.45, 7) is 3.16. The number of ether oxygens (including phenoxy) is 1. The van der Waals surface area contributed by atoms with Crippen LogP contribution in [0.4, 0.5) is 5.69 Å². The van der Waals surface area contributed by atoms with Gasteiger partial charge in [-0.3, -0.25) is 9.36 Å². The molecular formula is C17H22ClN5O3S. The zero-order valence-electron chi connectivity index (χ0n) is 15.3. The van der Waals surface area contributed by atoms with Crippen molar-refractivity contribution >= 4 is 35.0 Å². The molecule has 1 aliphatic rings. The average molecular weight is 412 g/mol. The van der Waals surface area contributed by atoms with Crippen LogP contribution < -0.4 is 15.9 Å². The van der Waals surface area contributed by atoms with Crippen molar-refractivity contribution in [2.75, 3.05) is 37.5 Å². The van der Waals surface area contributed by atoms with Crippen LogP contribution in [0.5, 0.6) is 0 Å². The summed E-state index contributed by atoms with van der Waals surface area (Å²) >= 11 is 7.68. The molecule has 0 aliphatic carbocycles. The lowest BCUT2D eigenvalue weighted by molar-refractivity contribution is -0.122. The SMILES string of the molecule is CSc1nn(CC(=O)NCc2ccc(Cl)c(N3CCOCC3)c2)c(=O)n1C. The molecule has 1 amide bonds. The highest BCUT2D eigenvalue weighted by Crippen LogP contribution is 2.27. The summed E-state index contributed by atoms with van der Waals surface area (Å²) in [6.07, 6.45) is 1.83. The number of thioether (sulfide) groups is 1. The Morgan fingerprint density at radius 1 is 1.37 bits per heavy atom. The molecule has 1 N–H and O–H groups in total. The molecule has 1 aromatic carbocycles. The molecule has 3 rings (SSSR count). The molecule has 1 saturated heterocycles. The van der Waals surface area contributed by atoms with Gasteiger partial charge in [0.25, 0.3) is 0 Å². The van der Waals surface area contributed by atoms with Crippen molar-refractivity contribution in [3.05, 3.63) is 39.3 Å². The van der Waals surface area contributed by atoms with Crippen LogP contribution in [0.1, 0.15) is 5.56 Å². The number of aromatic nitrogens is 3. The van der Waals surface area contributed by atoms with E-state index < -0.39 is 0 Å². The van der Waals surface area contributed by atoms with E-state index in [1.54, 1.807) is 7.05 Å². The van der Waals surface area contributed by atoms with Gasteiger partial charge in [0.2, 0.25) is 5.91 Å². The normalized spacial score (nSPS) is 14.4. The lowest BCUT2D eigenvalue weighted by Crippen LogP contribution is -2.36. The van der Waals surface area contributed by atoms with Gasteiger partial charge in [0, 0.05) is 26.7 Å². The molecule has 0 radical (unpaired) electrons. The Labute approximate surface area is 166 Å². The summed E-state index contributed by atoms with van der Waals surface area (Å²) in [5.74, 6) is -0.272. The maximum absolute atomic E-state index is 12.2. The Bertz CT molecular complexity index is 876. The van der Waals surface area contributed by atoms with Gasteiger partial charge >= 0.3 is 5.69 Å². The van der Waals surface area contributed by atoms with E-state index in [1.807, 2.05) is 24.5 Å². The van der Waals surface area contributed by atoms with E-state index in [-0.39, 0.29) is 18.1 Å². The number of amides is 1. The fraction of sp³-hybridized carbons (Fsp3) is 0.471. The van der Waals surface area contributed by atoms with Crippen LogP contribution in [0.25, 0.3) is 0 Å². The van der Waals surface area contributed by atoms with E-state index in [0.717, 1.165) is 24.3 Å². The number of carbonyl (C=O) groups excluding carboxylic acids is 1. The molecule has 27 heavy (non-hydrogen) atoms. The average Bonchev–Trinajstić information content (AvgIpc) is 2.96. The number of benzene rings is 1. The second-order valence-corrected chi connectivity index (χ2v) is 7.33. The monoisotopic (exact) mass is 411 g/mol. The molecule has 2 aromatic rings. The van der Waals surface area contributed by atoms with Gasteiger partial charge in [-0.15, -0.1) is 5.10 Å². The van der Waals surface area contributed by atoms with Crippen LogP contribution >= 0.6 is 23.4 Å². The van der Waals surface area contributed by atoms with E-state index >= 15 is 0 Å². The number of anilines is 1. The molecule has 0 spiro atoms. The van der Waals surface area contributed by atoms with E-state index in [4.69, 9.17) is 16.3 Å². The molecule has 0 atom stereocenters. The van der Waals surface area contributed by atoms with Gasteiger partial charge in [-0.2, -0.15) is 0 Å². The lowest BCUT2D eigenvalue weighted by atomic mass is 10.1. The first-order chi connectivity index (χ1) is 13.0. The van der Waals surface area contributed by atoms with Gasteiger partial charge in [0.05, 0.1) is 23.9 Å².